The predicted octanol–water partition coefficient (Wildman–Crippen LogP) is 4.87. The summed E-state index contributed by atoms with van der Waals surface area (Å²) in [5.41, 5.74) is 0.833. The summed E-state index contributed by atoms with van der Waals surface area (Å²) in [6, 6.07) is 10.5. The molecule has 0 aliphatic carbocycles. The van der Waals surface area contributed by atoms with Crippen LogP contribution in [0.4, 0.5) is 0 Å². The molecule has 1 aromatic rings. The summed E-state index contributed by atoms with van der Waals surface area (Å²) in [6.45, 7) is 2.25. The molecule has 0 aliphatic heterocycles. The van der Waals surface area contributed by atoms with Crippen LogP contribution in [0.3, 0.4) is 0 Å². The highest BCUT2D eigenvalue weighted by molar-refractivity contribution is 5.19. The van der Waals surface area contributed by atoms with Gasteiger partial charge in [-0.15, -0.1) is 0 Å². The standard InChI is InChI=1S/C22H39NO3/c1-7-8-9-10-11-15-18-21(23(2)3,22(24-4,25-5)26-6)19-20-16-13-12-14-17-20/h12-14,16-17H,7-11,15,18-19H2,1-6H3. The largest absolute Gasteiger partial charge is 0.329 e. The molecule has 4 heteroatoms. The molecule has 4 nitrogen and oxygen atoms in total. The van der Waals surface area contributed by atoms with Gasteiger partial charge in [0.05, 0.1) is 0 Å². The van der Waals surface area contributed by atoms with Crippen molar-refractivity contribution in [1.82, 2.24) is 4.90 Å². The number of unbranched alkanes of at least 4 members (excludes halogenated alkanes) is 5. The first-order valence-corrected chi connectivity index (χ1v) is 9.88. The van der Waals surface area contributed by atoms with Crippen LogP contribution < -0.4 is 0 Å². The number of likely N-dealkylation sites (N-methyl/N-ethyl adjacent to an activating group) is 1. The molecule has 0 aromatic heterocycles. The van der Waals surface area contributed by atoms with E-state index in [9.17, 15) is 0 Å². The minimum absolute atomic E-state index is 0.419. The van der Waals surface area contributed by atoms with Gasteiger partial charge >= 0.3 is 5.97 Å². The monoisotopic (exact) mass is 365 g/mol. The van der Waals surface area contributed by atoms with Crippen molar-refractivity contribution in [3.63, 3.8) is 0 Å². The Kier molecular flexibility index (Phi) is 10.4. The molecule has 0 heterocycles. The van der Waals surface area contributed by atoms with Crippen molar-refractivity contribution in [2.24, 2.45) is 0 Å². The Balaban J connectivity index is 3.07. The van der Waals surface area contributed by atoms with Gasteiger partial charge in [0, 0.05) is 21.3 Å². The smallest absolute Gasteiger partial charge is 0.302 e. The number of hydrogen-bond donors (Lipinski definition) is 0. The fraction of sp³-hybridized carbons (Fsp3) is 0.727. The van der Waals surface area contributed by atoms with E-state index in [1.165, 1.54) is 37.7 Å². The van der Waals surface area contributed by atoms with Crippen molar-refractivity contribution in [2.45, 2.75) is 69.8 Å². The summed E-state index contributed by atoms with van der Waals surface area (Å²) in [6.07, 6.45) is 9.26. The SMILES string of the molecule is CCCCCCCCC(Cc1ccccc1)(N(C)C)C(OC)(OC)OC. The molecule has 0 amide bonds. The molecule has 0 spiro atoms. The molecule has 1 aromatic carbocycles. The predicted molar refractivity (Wildman–Crippen MR) is 108 cm³/mol. The van der Waals surface area contributed by atoms with Crippen LogP contribution >= 0.6 is 0 Å². The number of benzene rings is 1. The summed E-state index contributed by atoms with van der Waals surface area (Å²) in [5.74, 6) is -1.12. The molecule has 0 bridgehead atoms. The van der Waals surface area contributed by atoms with E-state index in [1.54, 1.807) is 21.3 Å². The minimum atomic E-state index is -1.12. The lowest BCUT2D eigenvalue weighted by Gasteiger charge is -2.51. The second kappa shape index (κ2) is 11.7. The third kappa shape index (κ3) is 5.53. The molecule has 0 saturated heterocycles. The van der Waals surface area contributed by atoms with E-state index in [2.05, 4.69) is 50.2 Å². The van der Waals surface area contributed by atoms with Gasteiger partial charge in [0.1, 0.15) is 5.54 Å². The number of methoxy groups -OCH3 is 3. The van der Waals surface area contributed by atoms with E-state index in [0.29, 0.717) is 0 Å². The maximum absolute atomic E-state index is 5.84. The van der Waals surface area contributed by atoms with Crippen LogP contribution in [-0.2, 0) is 20.6 Å². The summed E-state index contributed by atoms with van der Waals surface area (Å²) in [7, 11) is 9.17. The maximum atomic E-state index is 5.84. The van der Waals surface area contributed by atoms with Crippen LogP contribution in [-0.4, -0.2) is 51.8 Å². The van der Waals surface area contributed by atoms with E-state index in [4.69, 9.17) is 14.2 Å². The molecular weight excluding hydrogens is 326 g/mol. The summed E-state index contributed by atoms with van der Waals surface area (Å²) < 4.78 is 17.5. The maximum Gasteiger partial charge on any atom is 0.302 e. The van der Waals surface area contributed by atoms with Crippen molar-refractivity contribution in [2.75, 3.05) is 35.4 Å². The van der Waals surface area contributed by atoms with Crippen molar-refractivity contribution in [3.8, 4) is 0 Å². The number of ether oxygens (including phenoxy) is 3. The molecule has 0 fully saturated rings. The lowest BCUT2D eigenvalue weighted by Crippen LogP contribution is -2.66. The van der Waals surface area contributed by atoms with Crippen molar-refractivity contribution < 1.29 is 14.2 Å². The van der Waals surface area contributed by atoms with Crippen molar-refractivity contribution in [3.05, 3.63) is 35.9 Å². The number of nitrogens with zero attached hydrogens (tertiary/aromatic N) is 1. The van der Waals surface area contributed by atoms with Gasteiger partial charge in [-0.1, -0.05) is 75.8 Å². The van der Waals surface area contributed by atoms with Gasteiger partial charge in [0.15, 0.2) is 0 Å². The highest BCUT2D eigenvalue weighted by Gasteiger charge is 2.55. The fourth-order valence-electron chi connectivity index (χ4n) is 3.96. The zero-order valence-corrected chi connectivity index (χ0v) is 17.7. The van der Waals surface area contributed by atoms with Crippen molar-refractivity contribution in [1.29, 1.82) is 0 Å². The second-order valence-electron chi connectivity index (χ2n) is 7.27. The van der Waals surface area contributed by atoms with Gasteiger partial charge in [0.2, 0.25) is 0 Å². The molecule has 26 heavy (non-hydrogen) atoms. The third-order valence-corrected chi connectivity index (χ3v) is 5.52. The molecule has 0 N–H and O–H groups in total. The van der Waals surface area contributed by atoms with E-state index in [1.807, 2.05) is 6.07 Å². The van der Waals surface area contributed by atoms with Gasteiger partial charge in [-0.05, 0) is 32.5 Å². The van der Waals surface area contributed by atoms with Crippen LogP contribution in [0.15, 0.2) is 30.3 Å². The molecule has 150 valence electrons. The zero-order chi connectivity index (χ0) is 19.5. The van der Waals surface area contributed by atoms with Crippen LogP contribution in [0.25, 0.3) is 0 Å². The van der Waals surface area contributed by atoms with Crippen LogP contribution in [0, 0.1) is 0 Å². The van der Waals surface area contributed by atoms with Gasteiger partial charge in [-0.2, -0.15) is 0 Å². The average molecular weight is 366 g/mol. The van der Waals surface area contributed by atoms with E-state index < -0.39 is 11.5 Å². The van der Waals surface area contributed by atoms with E-state index >= 15 is 0 Å². The Morgan fingerprint density at radius 1 is 0.808 bits per heavy atom. The molecule has 0 aliphatic rings. The Morgan fingerprint density at radius 3 is 1.85 bits per heavy atom. The number of hydrogen-bond acceptors (Lipinski definition) is 4. The van der Waals surface area contributed by atoms with Crippen LogP contribution in [0.1, 0.15) is 57.4 Å². The minimum Gasteiger partial charge on any atom is -0.329 e. The second-order valence-corrected chi connectivity index (χ2v) is 7.27. The van der Waals surface area contributed by atoms with Crippen LogP contribution in [0.5, 0.6) is 0 Å². The molecule has 0 radical (unpaired) electrons. The highest BCUT2D eigenvalue weighted by atomic mass is 16.9. The topological polar surface area (TPSA) is 30.9 Å². The normalized spacial score (nSPS) is 14.6. The third-order valence-electron chi connectivity index (χ3n) is 5.52. The molecule has 1 unspecified atom stereocenters. The Hall–Kier alpha value is -0.940. The molecule has 1 atom stereocenters. The Morgan fingerprint density at radius 2 is 1.35 bits per heavy atom. The summed E-state index contributed by atoms with van der Waals surface area (Å²) in [5, 5.41) is 0. The van der Waals surface area contributed by atoms with Gasteiger partial charge in [-0.25, -0.2) is 0 Å². The first kappa shape index (κ1) is 23.1. The van der Waals surface area contributed by atoms with Gasteiger partial charge < -0.3 is 14.2 Å². The zero-order valence-electron chi connectivity index (χ0n) is 17.7. The first-order valence-electron chi connectivity index (χ1n) is 9.88. The fourth-order valence-corrected chi connectivity index (χ4v) is 3.96. The summed E-state index contributed by atoms with van der Waals surface area (Å²) >= 11 is 0. The molecular formula is C22H39NO3. The average Bonchev–Trinajstić information content (AvgIpc) is 2.66. The van der Waals surface area contributed by atoms with E-state index in [0.717, 1.165) is 19.3 Å². The quantitative estimate of drug-likeness (QED) is 0.347. The lowest BCUT2D eigenvalue weighted by molar-refractivity contribution is -0.403. The number of rotatable bonds is 14. The van der Waals surface area contributed by atoms with Gasteiger partial charge in [0.25, 0.3) is 0 Å². The van der Waals surface area contributed by atoms with Crippen molar-refractivity contribution >= 4 is 0 Å². The molecule has 0 saturated carbocycles. The summed E-state index contributed by atoms with van der Waals surface area (Å²) in [4.78, 5) is 2.21. The van der Waals surface area contributed by atoms with Gasteiger partial charge in [-0.3, -0.25) is 4.90 Å². The highest BCUT2D eigenvalue weighted by Crippen LogP contribution is 2.39. The van der Waals surface area contributed by atoms with Crippen LogP contribution in [0.2, 0.25) is 0 Å². The van der Waals surface area contributed by atoms with E-state index in [-0.39, 0.29) is 0 Å². The molecule has 1 rings (SSSR count). The Bertz CT molecular complexity index is 465. The first-order chi connectivity index (χ1) is 12.5. The lowest BCUT2D eigenvalue weighted by atomic mass is 9.81. The Labute approximate surface area is 160 Å².